The predicted octanol–water partition coefficient (Wildman–Crippen LogP) is 7.45. The Bertz CT molecular complexity index is 2040. The molecule has 2 N–H and O–H groups in total. The summed E-state index contributed by atoms with van der Waals surface area (Å²) in [6.45, 7) is 0. The maximum atomic E-state index is 9.52. The molecule has 0 atom stereocenters. The summed E-state index contributed by atoms with van der Waals surface area (Å²) < 4.78 is 12.3. The van der Waals surface area contributed by atoms with Crippen LogP contribution < -0.4 is 20.1 Å². The van der Waals surface area contributed by atoms with E-state index in [1.165, 1.54) is 0 Å². The van der Waals surface area contributed by atoms with Gasteiger partial charge in [-0.05, 0) is 46.2 Å². The molecule has 0 unspecified atom stereocenters. The van der Waals surface area contributed by atoms with Crippen LogP contribution in [0.4, 0.5) is 11.4 Å². The highest BCUT2D eigenvalue weighted by Gasteiger charge is 2.30. The quantitative estimate of drug-likeness (QED) is 0.174. The topological polar surface area (TPSA) is 138 Å². The molecule has 2 heterocycles. The molecule has 7 rings (SSSR count). The SMILES string of the molecule is N#CC(C#N)=C1Nc2c(c(-c3ccccc3)cc3cc4cc(-c5ccccc5)c5c(c4cc23)OC(=C(C#N)C#N)N5)O1. The van der Waals surface area contributed by atoms with E-state index < -0.39 is 0 Å². The molecule has 8 heteroatoms. The van der Waals surface area contributed by atoms with Crippen molar-refractivity contribution in [3.05, 3.63) is 108 Å². The Labute approximate surface area is 239 Å². The zero-order valence-electron chi connectivity index (χ0n) is 21.7. The molecular weight excluding hydrogens is 524 g/mol. The number of fused-ring (bicyclic) bond motifs is 6. The van der Waals surface area contributed by atoms with Gasteiger partial charge in [-0.2, -0.15) is 21.0 Å². The van der Waals surface area contributed by atoms with Crippen molar-refractivity contribution in [2.45, 2.75) is 0 Å². The summed E-state index contributed by atoms with van der Waals surface area (Å²) in [6.07, 6.45) is 0. The van der Waals surface area contributed by atoms with E-state index in [0.29, 0.717) is 22.9 Å². The van der Waals surface area contributed by atoms with Crippen LogP contribution in [0.25, 0.3) is 43.8 Å². The van der Waals surface area contributed by atoms with Gasteiger partial charge in [-0.3, -0.25) is 0 Å². The zero-order chi connectivity index (χ0) is 28.8. The van der Waals surface area contributed by atoms with Crippen molar-refractivity contribution in [2.75, 3.05) is 10.6 Å². The third-order valence-electron chi connectivity index (χ3n) is 7.26. The highest BCUT2D eigenvalue weighted by molar-refractivity contribution is 6.13. The minimum absolute atomic E-state index is 0.0697. The number of anilines is 2. The van der Waals surface area contributed by atoms with Crippen LogP contribution in [0.3, 0.4) is 0 Å². The Morgan fingerprint density at radius 3 is 1.62 bits per heavy atom. The predicted molar refractivity (Wildman–Crippen MR) is 157 cm³/mol. The third kappa shape index (κ3) is 3.66. The van der Waals surface area contributed by atoms with Gasteiger partial charge in [0.2, 0.25) is 11.8 Å². The van der Waals surface area contributed by atoms with Gasteiger partial charge in [-0.25, -0.2) is 0 Å². The average molecular weight is 541 g/mol. The fraction of sp³-hybridized carbons (Fsp3) is 0. The summed E-state index contributed by atoms with van der Waals surface area (Å²) in [4.78, 5) is 0. The van der Waals surface area contributed by atoms with Gasteiger partial charge in [0.1, 0.15) is 24.3 Å². The maximum Gasteiger partial charge on any atom is 0.226 e. The number of rotatable bonds is 2. The summed E-state index contributed by atoms with van der Waals surface area (Å²) in [5.74, 6) is 1.13. The first-order valence-electron chi connectivity index (χ1n) is 12.8. The van der Waals surface area contributed by atoms with Gasteiger partial charge < -0.3 is 20.1 Å². The van der Waals surface area contributed by atoms with E-state index in [9.17, 15) is 21.0 Å². The first-order valence-corrected chi connectivity index (χ1v) is 12.8. The highest BCUT2D eigenvalue weighted by Crippen LogP contribution is 2.52. The maximum absolute atomic E-state index is 9.52. The second-order valence-electron chi connectivity index (χ2n) is 9.59. The lowest BCUT2D eigenvalue weighted by atomic mass is 9.93. The molecule has 0 saturated heterocycles. The van der Waals surface area contributed by atoms with Crippen molar-refractivity contribution >= 4 is 32.9 Å². The number of nitriles is 4. The van der Waals surface area contributed by atoms with Crippen LogP contribution in [0.15, 0.2) is 108 Å². The Morgan fingerprint density at radius 1 is 0.524 bits per heavy atom. The average Bonchev–Trinajstić information content (AvgIpc) is 3.68. The van der Waals surface area contributed by atoms with E-state index in [1.807, 2.05) is 103 Å². The normalized spacial score (nSPS) is 12.4. The Kier molecular flexibility index (Phi) is 5.48. The fourth-order valence-electron chi connectivity index (χ4n) is 5.35. The van der Waals surface area contributed by atoms with Crippen molar-refractivity contribution in [1.29, 1.82) is 21.0 Å². The lowest BCUT2D eigenvalue weighted by Gasteiger charge is -2.14. The van der Waals surface area contributed by atoms with E-state index in [0.717, 1.165) is 43.8 Å². The van der Waals surface area contributed by atoms with Crippen LogP contribution in [0.1, 0.15) is 0 Å². The number of hydrogen-bond acceptors (Lipinski definition) is 8. The van der Waals surface area contributed by atoms with Gasteiger partial charge >= 0.3 is 0 Å². The number of ether oxygens (including phenoxy) is 2. The van der Waals surface area contributed by atoms with Crippen LogP contribution in [-0.4, -0.2) is 0 Å². The van der Waals surface area contributed by atoms with Gasteiger partial charge in [0.05, 0.1) is 11.4 Å². The molecule has 2 aliphatic heterocycles. The van der Waals surface area contributed by atoms with Crippen molar-refractivity contribution in [3.8, 4) is 58.0 Å². The Balaban J connectivity index is 1.55. The summed E-state index contributed by atoms with van der Waals surface area (Å²) >= 11 is 0. The van der Waals surface area contributed by atoms with Crippen molar-refractivity contribution in [1.82, 2.24) is 0 Å². The molecule has 2 aliphatic rings. The van der Waals surface area contributed by atoms with Crippen LogP contribution in [0.2, 0.25) is 0 Å². The molecule has 0 fully saturated rings. The molecule has 0 spiro atoms. The summed E-state index contributed by atoms with van der Waals surface area (Å²) in [7, 11) is 0. The number of benzene rings is 5. The van der Waals surface area contributed by atoms with E-state index in [-0.39, 0.29) is 22.9 Å². The van der Waals surface area contributed by atoms with Crippen LogP contribution in [0, 0.1) is 45.3 Å². The highest BCUT2D eigenvalue weighted by atomic mass is 16.5. The van der Waals surface area contributed by atoms with Crippen LogP contribution in [-0.2, 0) is 0 Å². The molecular formula is C34H16N6O2. The minimum atomic E-state index is -0.171. The largest absolute Gasteiger partial charge is 0.436 e. The summed E-state index contributed by atoms with van der Waals surface area (Å²) in [6, 6.07) is 35.2. The standard InChI is InChI=1S/C34H16N6O2/c35-15-23(16-36)33-39-29-25(19-7-3-1-4-8-19)12-22-11-21-13-27(20-9-5-2-6-10-20)31-30(26(21)14-28(22)32(29)42-33)40-34(41-31)24(17-37)18-38/h1-14,39-40H. The zero-order valence-corrected chi connectivity index (χ0v) is 21.7. The second-order valence-corrected chi connectivity index (χ2v) is 9.59. The molecule has 0 bridgehead atoms. The summed E-state index contributed by atoms with van der Waals surface area (Å²) in [5.41, 5.74) is 4.42. The molecule has 0 aromatic heterocycles. The van der Waals surface area contributed by atoms with E-state index >= 15 is 0 Å². The Morgan fingerprint density at radius 2 is 1.02 bits per heavy atom. The van der Waals surface area contributed by atoms with Gasteiger partial charge in [0.25, 0.3) is 0 Å². The third-order valence-corrected chi connectivity index (χ3v) is 7.26. The second kappa shape index (κ2) is 9.47. The summed E-state index contributed by atoms with van der Waals surface area (Å²) in [5, 5.41) is 47.7. The molecule has 0 aliphatic carbocycles. The molecule has 0 saturated carbocycles. The monoisotopic (exact) mass is 540 g/mol. The van der Waals surface area contributed by atoms with E-state index in [2.05, 4.69) is 16.7 Å². The number of allylic oxidation sites excluding steroid dienone is 2. The van der Waals surface area contributed by atoms with Crippen molar-refractivity contribution in [3.63, 3.8) is 0 Å². The minimum Gasteiger partial charge on any atom is -0.436 e. The van der Waals surface area contributed by atoms with Gasteiger partial charge in [-0.15, -0.1) is 0 Å². The first-order chi connectivity index (χ1) is 20.6. The van der Waals surface area contributed by atoms with E-state index in [1.54, 1.807) is 0 Å². The van der Waals surface area contributed by atoms with E-state index in [4.69, 9.17) is 9.47 Å². The molecule has 42 heavy (non-hydrogen) atoms. The van der Waals surface area contributed by atoms with Gasteiger partial charge in [0, 0.05) is 21.9 Å². The fourth-order valence-corrected chi connectivity index (χ4v) is 5.35. The number of nitrogens with one attached hydrogen (secondary N) is 2. The molecule has 0 radical (unpaired) electrons. The molecule has 8 nitrogen and oxygen atoms in total. The van der Waals surface area contributed by atoms with Gasteiger partial charge in [0.15, 0.2) is 22.6 Å². The van der Waals surface area contributed by atoms with Crippen molar-refractivity contribution < 1.29 is 9.47 Å². The smallest absolute Gasteiger partial charge is 0.226 e. The first kappa shape index (κ1) is 24.3. The number of hydrogen-bond donors (Lipinski definition) is 2. The number of nitrogens with zero attached hydrogens (tertiary/aromatic N) is 4. The molecule has 5 aromatic carbocycles. The Hall–Kier alpha value is -6.74. The van der Waals surface area contributed by atoms with Gasteiger partial charge in [-0.1, -0.05) is 60.7 Å². The van der Waals surface area contributed by atoms with Crippen LogP contribution in [0.5, 0.6) is 11.5 Å². The molecule has 5 aromatic rings. The molecule has 194 valence electrons. The molecule has 0 amide bonds. The lowest BCUT2D eigenvalue weighted by Crippen LogP contribution is -2.00. The van der Waals surface area contributed by atoms with Crippen molar-refractivity contribution in [2.24, 2.45) is 0 Å². The lowest BCUT2D eigenvalue weighted by molar-refractivity contribution is 0.456. The van der Waals surface area contributed by atoms with Crippen LogP contribution >= 0.6 is 0 Å².